The van der Waals surface area contributed by atoms with Gasteiger partial charge in [-0.05, 0) is 38.5 Å². The van der Waals surface area contributed by atoms with Crippen LogP contribution in [0, 0.1) is 0 Å². The van der Waals surface area contributed by atoms with Gasteiger partial charge < -0.3 is 19.8 Å². The van der Waals surface area contributed by atoms with E-state index in [1.165, 1.54) is 154 Å². The van der Waals surface area contributed by atoms with Crippen molar-refractivity contribution in [3.63, 3.8) is 0 Å². The summed E-state index contributed by atoms with van der Waals surface area (Å²) in [7, 11) is 1.55. The smallest absolute Gasteiger partial charge is 0.387 e. The minimum absolute atomic E-state index is 0.0545. The average Bonchev–Trinajstić information content (AvgIpc) is 3.19. The summed E-state index contributed by atoms with van der Waals surface area (Å²) in [6.45, 7) is 4.72. The second kappa shape index (κ2) is 42.0. The van der Waals surface area contributed by atoms with Gasteiger partial charge in [0.15, 0.2) is 0 Å². The van der Waals surface area contributed by atoms with E-state index in [-0.39, 0.29) is 19.1 Å². The second-order valence-corrected chi connectivity index (χ2v) is 19.6. The van der Waals surface area contributed by atoms with Crippen LogP contribution in [-0.4, -0.2) is 73.4 Å². The number of likely N-dealkylation sites (N-methyl/N-ethyl adjacent to an activating group) is 1. The Hall–Kier alpha value is -1.28. The Labute approximate surface area is 366 Å². The quantitative estimate of drug-likeness (QED) is 0.0244. The van der Waals surface area contributed by atoms with Gasteiger partial charge in [-0.15, -0.1) is 0 Å². The molecule has 0 fully saturated rings. The number of carbonyl (C=O) groups is 1. The molecule has 0 rings (SSSR count). The molecule has 0 aliphatic carbocycles. The maximum absolute atomic E-state index is 12.9. The Morgan fingerprint density at radius 1 is 0.559 bits per heavy atom. The van der Waals surface area contributed by atoms with Gasteiger partial charge >= 0.3 is 7.82 Å². The molecule has 0 bridgehead atoms. The Morgan fingerprint density at radius 3 is 1.32 bits per heavy atom. The molecule has 1 amide bonds. The normalized spacial score (nSPS) is 14.5. The molecular formula is C50H98N2O6P+. The SMILES string of the molecule is CCC/C=C/CC/C=C/CC/C=C/C(O)C(COP(=O)(O)OCC[N+](C)(C)C)NC(=O)CCCCCCCCCCCCCCCCCCCCCCCCCCCC. The van der Waals surface area contributed by atoms with Crippen LogP contribution in [-0.2, 0) is 18.4 Å². The molecule has 3 unspecified atom stereocenters. The molecular weight excluding hydrogens is 756 g/mol. The van der Waals surface area contributed by atoms with Crippen LogP contribution in [0.4, 0.5) is 0 Å². The van der Waals surface area contributed by atoms with E-state index in [1.54, 1.807) is 6.08 Å². The van der Waals surface area contributed by atoms with E-state index in [1.807, 2.05) is 27.2 Å². The molecule has 0 saturated carbocycles. The molecule has 0 radical (unpaired) electrons. The highest BCUT2D eigenvalue weighted by molar-refractivity contribution is 7.47. The van der Waals surface area contributed by atoms with E-state index in [9.17, 15) is 19.4 Å². The number of aliphatic hydroxyl groups excluding tert-OH is 1. The number of hydrogen-bond acceptors (Lipinski definition) is 5. The number of amides is 1. The highest BCUT2D eigenvalue weighted by Crippen LogP contribution is 2.43. The lowest BCUT2D eigenvalue weighted by Crippen LogP contribution is -2.45. The summed E-state index contributed by atoms with van der Waals surface area (Å²) in [5.74, 6) is -0.190. The standard InChI is InChI=1S/C50H97N2O6P/c1-6-8-10-12-14-16-18-19-20-21-22-23-24-25-26-27-28-29-30-31-32-34-36-38-40-42-44-50(54)51-48(47-58-59(55,56)57-46-45-52(3,4)5)49(53)43-41-39-37-35-33-17-15-13-11-9-7-2/h11,13,33,35,41,43,48-49,53H,6-10,12,14-32,34,36-40,42,44-47H2,1-5H3,(H-,51,54,55,56)/p+1/b13-11+,35-33+,43-41+. The van der Waals surface area contributed by atoms with Crippen molar-refractivity contribution < 1.29 is 32.9 Å². The Bertz CT molecular complexity index is 1060. The van der Waals surface area contributed by atoms with Crippen LogP contribution >= 0.6 is 7.82 Å². The largest absolute Gasteiger partial charge is 0.472 e. The number of aliphatic hydroxyl groups is 1. The van der Waals surface area contributed by atoms with Crippen molar-refractivity contribution in [1.82, 2.24) is 5.32 Å². The number of rotatable bonds is 45. The molecule has 0 aliphatic heterocycles. The fourth-order valence-electron chi connectivity index (χ4n) is 7.14. The number of nitrogens with zero attached hydrogens (tertiary/aromatic N) is 1. The summed E-state index contributed by atoms with van der Waals surface area (Å²) < 4.78 is 23.5. The fraction of sp³-hybridized carbons (Fsp3) is 0.860. The summed E-state index contributed by atoms with van der Waals surface area (Å²) in [5.41, 5.74) is 0. The maximum Gasteiger partial charge on any atom is 0.472 e. The monoisotopic (exact) mass is 854 g/mol. The molecule has 0 spiro atoms. The number of nitrogens with one attached hydrogen (secondary N) is 1. The lowest BCUT2D eigenvalue weighted by Gasteiger charge is -2.25. The number of allylic oxidation sites excluding steroid dienone is 5. The zero-order valence-corrected chi connectivity index (χ0v) is 40.4. The van der Waals surface area contributed by atoms with E-state index >= 15 is 0 Å². The Morgan fingerprint density at radius 2 is 0.932 bits per heavy atom. The van der Waals surface area contributed by atoms with Gasteiger partial charge in [-0.25, -0.2) is 4.57 Å². The van der Waals surface area contributed by atoms with Crippen LogP contribution in [0.2, 0.25) is 0 Å². The van der Waals surface area contributed by atoms with Crippen LogP contribution in [0.1, 0.15) is 226 Å². The van der Waals surface area contributed by atoms with Crippen molar-refractivity contribution in [2.24, 2.45) is 0 Å². The molecule has 0 aliphatic rings. The maximum atomic E-state index is 12.9. The number of unbranched alkanes of at least 4 members (excludes halogenated alkanes) is 28. The number of quaternary nitrogens is 1. The van der Waals surface area contributed by atoms with Gasteiger partial charge in [0, 0.05) is 6.42 Å². The molecule has 8 nitrogen and oxygen atoms in total. The first-order valence-corrected chi connectivity index (χ1v) is 26.4. The van der Waals surface area contributed by atoms with Gasteiger partial charge in [0.1, 0.15) is 13.2 Å². The van der Waals surface area contributed by atoms with Gasteiger partial charge in [0.2, 0.25) is 5.91 Å². The summed E-state index contributed by atoms with van der Waals surface area (Å²) in [4.78, 5) is 23.1. The summed E-state index contributed by atoms with van der Waals surface area (Å²) in [6.07, 6.45) is 52.5. The van der Waals surface area contributed by atoms with Crippen molar-refractivity contribution in [3.8, 4) is 0 Å². The number of phosphoric acid groups is 1. The van der Waals surface area contributed by atoms with Gasteiger partial charge in [-0.1, -0.05) is 217 Å². The predicted molar refractivity (Wildman–Crippen MR) is 254 cm³/mol. The first kappa shape index (κ1) is 57.7. The van der Waals surface area contributed by atoms with Gasteiger partial charge in [-0.2, -0.15) is 0 Å². The first-order valence-electron chi connectivity index (χ1n) is 24.9. The van der Waals surface area contributed by atoms with E-state index < -0.39 is 20.0 Å². The molecule has 59 heavy (non-hydrogen) atoms. The van der Waals surface area contributed by atoms with E-state index in [0.29, 0.717) is 17.4 Å². The van der Waals surface area contributed by atoms with Gasteiger partial charge in [0.05, 0.1) is 39.9 Å². The molecule has 348 valence electrons. The van der Waals surface area contributed by atoms with E-state index in [2.05, 4.69) is 43.5 Å². The van der Waals surface area contributed by atoms with Crippen LogP contribution in [0.5, 0.6) is 0 Å². The second-order valence-electron chi connectivity index (χ2n) is 18.2. The first-order chi connectivity index (χ1) is 28.5. The molecule has 0 saturated heterocycles. The minimum Gasteiger partial charge on any atom is -0.387 e. The van der Waals surface area contributed by atoms with Crippen LogP contribution in [0.15, 0.2) is 36.5 Å². The highest BCUT2D eigenvalue weighted by Gasteiger charge is 2.27. The fourth-order valence-corrected chi connectivity index (χ4v) is 7.88. The molecule has 3 N–H and O–H groups in total. The number of carbonyl (C=O) groups excluding carboxylic acids is 1. The zero-order chi connectivity index (χ0) is 43.6. The van der Waals surface area contributed by atoms with E-state index in [0.717, 1.165) is 51.4 Å². The Balaban J connectivity index is 4.13. The molecule has 9 heteroatoms. The zero-order valence-electron chi connectivity index (χ0n) is 39.5. The highest BCUT2D eigenvalue weighted by atomic mass is 31.2. The summed E-state index contributed by atoms with van der Waals surface area (Å²) in [5, 5.41) is 13.8. The van der Waals surface area contributed by atoms with Crippen molar-refractivity contribution in [3.05, 3.63) is 36.5 Å². The summed E-state index contributed by atoms with van der Waals surface area (Å²) in [6, 6.07) is -0.865. The average molecular weight is 854 g/mol. The van der Waals surface area contributed by atoms with E-state index in [4.69, 9.17) is 9.05 Å². The molecule has 0 heterocycles. The van der Waals surface area contributed by atoms with Crippen LogP contribution < -0.4 is 5.32 Å². The van der Waals surface area contributed by atoms with Crippen molar-refractivity contribution in [2.75, 3.05) is 40.9 Å². The van der Waals surface area contributed by atoms with Crippen molar-refractivity contribution in [1.29, 1.82) is 0 Å². The van der Waals surface area contributed by atoms with Gasteiger partial charge in [0.25, 0.3) is 0 Å². The third-order valence-corrected chi connectivity index (χ3v) is 12.1. The molecule has 3 atom stereocenters. The van der Waals surface area contributed by atoms with Crippen LogP contribution in [0.3, 0.4) is 0 Å². The lowest BCUT2D eigenvalue weighted by molar-refractivity contribution is -0.870. The summed E-state index contributed by atoms with van der Waals surface area (Å²) >= 11 is 0. The molecule has 0 aromatic rings. The van der Waals surface area contributed by atoms with Crippen molar-refractivity contribution >= 4 is 13.7 Å². The number of hydrogen-bond donors (Lipinski definition) is 3. The predicted octanol–water partition coefficient (Wildman–Crippen LogP) is 14.3. The van der Waals surface area contributed by atoms with Gasteiger partial charge in [-0.3, -0.25) is 13.8 Å². The van der Waals surface area contributed by atoms with Crippen molar-refractivity contribution in [2.45, 2.75) is 238 Å². The third kappa shape index (κ3) is 44.6. The topological polar surface area (TPSA) is 105 Å². The number of phosphoric ester groups is 1. The third-order valence-electron chi connectivity index (χ3n) is 11.1. The van der Waals surface area contributed by atoms with Crippen LogP contribution in [0.25, 0.3) is 0 Å². The Kier molecular flexibility index (Phi) is 41.1. The lowest BCUT2D eigenvalue weighted by atomic mass is 10.0. The molecule has 0 aromatic heterocycles. The minimum atomic E-state index is -4.35. The molecule has 0 aromatic carbocycles.